The molecule has 0 radical (unpaired) electrons. The molecule has 7 heteroatoms. The van der Waals surface area contributed by atoms with E-state index < -0.39 is 0 Å². The lowest BCUT2D eigenvalue weighted by Crippen LogP contribution is -2.54. The molecule has 1 saturated heterocycles. The number of unbranched alkanes of at least 4 members (excludes halogenated alkanes) is 2. The third kappa shape index (κ3) is 7.80. The second-order valence-corrected chi connectivity index (χ2v) is 9.69. The van der Waals surface area contributed by atoms with Gasteiger partial charge in [0, 0.05) is 45.5 Å². The summed E-state index contributed by atoms with van der Waals surface area (Å²) in [5.74, 6) is 0.192. The molecular weight excluding hydrogens is 450 g/mol. The molecule has 2 N–H and O–H groups in total. The summed E-state index contributed by atoms with van der Waals surface area (Å²) in [7, 11) is 3.90. The quantitative estimate of drug-likeness (QED) is 0.465. The van der Waals surface area contributed by atoms with E-state index in [2.05, 4.69) is 59.8 Å². The van der Waals surface area contributed by atoms with Crippen molar-refractivity contribution in [1.29, 1.82) is 0 Å². The maximum absolute atomic E-state index is 13.1. The predicted molar refractivity (Wildman–Crippen MR) is 148 cm³/mol. The van der Waals surface area contributed by atoms with Crippen molar-refractivity contribution in [3.8, 4) is 11.1 Å². The zero-order chi connectivity index (χ0) is 25.9. The average molecular weight is 494 g/mol. The van der Waals surface area contributed by atoms with Gasteiger partial charge in [-0.2, -0.15) is 0 Å². The molecule has 1 aliphatic heterocycles. The third-order valence-electron chi connectivity index (χ3n) is 6.89. The van der Waals surface area contributed by atoms with Gasteiger partial charge in [0.05, 0.1) is 6.04 Å². The highest BCUT2D eigenvalue weighted by Gasteiger charge is 2.26. The van der Waals surface area contributed by atoms with Crippen LogP contribution in [0.15, 0.2) is 48.5 Å². The molecule has 7 nitrogen and oxygen atoms in total. The topological polar surface area (TPSA) is 67.9 Å². The minimum atomic E-state index is -0.211. The Morgan fingerprint density at radius 1 is 0.972 bits per heavy atom. The Morgan fingerprint density at radius 3 is 2.36 bits per heavy atom. The summed E-state index contributed by atoms with van der Waals surface area (Å²) in [5, 5.41) is 6.38. The van der Waals surface area contributed by atoms with E-state index in [1.165, 1.54) is 0 Å². The number of hydrogen-bond donors (Lipinski definition) is 2. The molecule has 0 bridgehead atoms. The number of benzene rings is 2. The maximum Gasteiger partial charge on any atom is 0.321 e. The largest absolute Gasteiger partial charge is 0.339 e. The number of nitrogens with one attached hydrogen (secondary N) is 2. The van der Waals surface area contributed by atoms with E-state index in [1.807, 2.05) is 30.0 Å². The molecule has 2 aromatic carbocycles. The molecule has 196 valence electrons. The van der Waals surface area contributed by atoms with Gasteiger partial charge in [-0.1, -0.05) is 63.1 Å². The van der Waals surface area contributed by atoms with Crippen molar-refractivity contribution in [2.75, 3.05) is 58.3 Å². The highest BCUT2D eigenvalue weighted by atomic mass is 16.2. The van der Waals surface area contributed by atoms with Gasteiger partial charge in [-0.15, -0.1) is 0 Å². The molecular formula is C29H43N5O2. The number of hydrogen-bond acceptors (Lipinski definition) is 4. The van der Waals surface area contributed by atoms with Crippen molar-refractivity contribution in [3.63, 3.8) is 0 Å². The van der Waals surface area contributed by atoms with Crippen LogP contribution in [0.25, 0.3) is 11.1 Å². The van der Waals surface area contributed by atoms with Crippen LogP contribution in [0, 0.1) is 0 Å². The molecule has 0 aliphatic carbocycles. The fraction of sp³-hybridized carbons (Fsp3) is 0.517. The fourth-order valence-electron chi connectivity index (χ4n) is 4.51. The first-order chi connectivity index (χ1) is 17.4. The van der Waals surface area contributed by atoms with Crippen molar-refractivity contribution in [2.45, 2.75) is 45.6 Å². The van der Waals surface area contributed by atoms with E-state index in [9.17, 15) is 9.59 Å². The average Bonchev–Trinajstić information content (AvgIpc) is 2.91. The summed E-state index contributed by atoms with van der Waals surface area (Å²) in [6.45, 7) is 9.08. The maximum atomic E-state index is 13.1. The zero-order valence-corrected chi connectivity index (χ0v) is 22.4. The SMILES string of the molecule is CCCCCNC(=O)N(C)c1cccc(-c2ccc(CC(NCC)C(=O)N3CCN(C)CC3)cc2)c1. The number of rotatable bonds is 11. The van der Waals surface area contributed by atoms with Gasteiger partial charge in [0.2, 0.25) is 5.91 Å². The number of anilines is 1. The van der Waals surface area contributed by atoms with Gasteiger partial charge < -0.3 is 20.4 Å². The van der Waals surface area contributed by atoms with Crippen molar-refractivity contribution in [2.24, 2.45) is 0 Å². The van der Waals surface area contributed by atoms with E-state index in [-0.39, 0.29) is 18.0 Å². The van der Waals surface area contributed by atoms with E-state index >= 15 is 0 Å². The molecule has 36 heavy (non-hydrogen) atoms. The second-order valence-electron chi connectivity index (χ2n) is 9.69. The molecule has 2 aromatic rings. The van der Waals surface area contributed by atoms with Gasteiger partial charge in [0.25, 0.3) is 0 Å². The first-order valence-corrected chi connectivity index (χ1v) is 13.3. The van der Waals surface area contributed by atoms with Crippen LogP contribution in [0.5, 0.6) is 0 Å². The smallest absolute Gasteiger partial charge is 0.321 e. The highest BCUT2D eigenvalue weighted by molar-refractivity contribution is 5.92. The Labute approximate surface area is 216 Å². The molecule has 1 heterocycles. The summed E-state index contributed by atoms with van der Waals surface area (Å²) in [5.41, 5.74) is 4.13. The molecule has 3 rings (SSSR count). The Bertz CT molecular complexity index is 970. The van der Waals surface area contributed by atoms with Crippen molar-refractivity contribution >= 4 is 17.6 Å². The number of urea groups is 1. The molecule has 3 amide bonds. The molecule has 0 aromatic heterocycles. The van der Waals surface area contributed by atoms with E-state index in [1.54, 1.807) is 11.9 Å². The second kappa shape index (κ2) is 14.0. The first-order valence-electron chi connectivity index (χ1n) is 13.3. The van der Waals surface area contributed by atoms with Crippen LogP contribution in [0.4, 0.5) is 10.5 Å². The number of piperazine rings is 1. The third-order valence-corrected chi connectivity index (χ3v) is 6.89. The Kier molecular flexibility index (Phi) is 10.8. The minimum absolute atomic E-state index is 0.0851. The normalized spacial score (nSPS) is 14.9. The van der Waals surface area contributed by atoms with Crippen molar-refractivity contribution in [1.82, 2.24) is 20.4 Å². The number of likely N-dealkylation sites (N-methyl/N-ethyl adjacent to an activating group) is 2. The molecule has 1 atom stereocenters. The van der Waals surface area contributed by atoms with Gasteiger partial charge in [-0.25, -0.2) is 4.79 Å². The van der Waals surface area contributed by atoms with E-state index in [4.69, 9.17) is 0 Å². The molecule has 1 unspecified atom stereocenters. The van der Waals surface area contributed by atoms with Crippen LogP contribution < -0.4 is 15.5 Å². The monoisotopic (exact) mass is 493 g/mol. The summed E-state index contributed by atoms with van der Waals surface area (Å²) in [6, 6.07) is 16.1. The van der Waals surface area contributed by atoms with Crippen LogP contribution in [0.1, 0.15) is 38.7 Å². The summed E-state index contributed by atoms with van der Waals surface area (Å²) in [4.78, 5) is 31.6. The van der Waals surface area contributed by atoms with Crippen molar-refractivity contribution in [3.05, 3.63) is 54.1 Å². The number of nitrogens with zero attached hydrogens (tertiary/aromatic N) is 3. The molecule has 1 aliphatic rings. The van der Waals surface area contributed by atoms with Crippen molar-refractivity contribution < 1.29 is 9.59 Å². The Morgan fingerprint density at radius 2 is 1.69 bits per heavy atom. The van der Waals surface area contributed by atoms with Crippen LogP contribution in [0.2, 0.25) is 0 Å². The fourth-order valence-corrected chi connectivity index (χ4v) is 4.51. The molecule has 0 saturated carbocycles. The number of carbonyl (C=O) groups is 2. The first kappa shape index (κ1) is 27.7. The van der Waals surface area contributed by atoms with Gasteiger partial charge >= 0.3 is 6.03 Å². The lowest BCUT2D eigenvalue weighted by Gasteiger charge is -2.34. The van der Waals surface area contributed by atoms with Gasteiger partial charge in [-0.3, -0.25) is 9.69 Å². The highest BCUT2D eigenvalue weighted by Crippen LogP contribution is 2.25. The van der Waals surface area contributed by atoms with E-state index in [0.29, 0.717) is 13.0 Å². The molecule has 1 fully saturated rings. The standard InChI is InChI=1S/C29H43N5O2/c1-5-7-8-16-31-29(36)33(4)26-11-9-10-25(22-26)24-14-12-23(13-15-24)21-27(30-6-2)28(35)34-19-17-32(3)18-20-34/h9-15,22,27,30H,5-8,16-21H2,1-4H3,(H,31,36). The Balaban J connectivity index is 1.64. The van der Waals surface area contributed by atoms with E-state index in [0.717, 1.165) is 74.4 Å². The summed E-state index contributed by atoms with van der Waals surface area (Å²) < 4.78 is 0. The minimum Gasteiger partial charge on any atom is -0.339 e. The van der Waals surface area contributed by atoms with Crippen LogP contribution in [-0.2, 0) is 11.2 Å². The Hall–Kier alpha value is -2.90. The van der Waals surface area contributed by atoms with Gasteiger partial charge in [-0.05, 0) is 55.3 Å². The zero-order valence-electron chi connectivity index (χ0n) is 22.4. The lowest BCUT2D eigenvalue weighted by molar-refractivity contribution is -0.135. The predicted octanol–water partition coefficient (Wildman–Crippen LogP) is 3.98. The van der Waals surface area contributed by atoms with Gasteiger partial charge in [0.1, 0.15) is 0 Å². The lowest BCUT2D eigenvalue weighted by atomic mass is 9.99. The van der Waals surface area contributed by atoms with Crippen LogP contribution in [0.3, 0.4) is 0 Å². The van der Waals surface area contributed by atoms with Crippen LogP contribution in [-0.4, -0.2) is 81.1 Å². The summed E-state index contributed by atoms with van der Waals surface area (Å²) >= 11 is 0. The summed E-state index contributed by atoms with van der Waals surface area (Å²) in [6.07, 6.45) is 3.92. The number of carbonyl (C=O) groups excluding carboxylic acids is 2. The number of amides is 3. The van der Waals surface area contributed by atoms with Crippen LogP contribution >= 0.6 is 0 Å². The van der Waals surface area contributed by atoms with Gasteiger partial charge in [0.15, 0.2) is 0 Å². The molecule has 0 spiro atoms.